The summed E-state index contributed by atoms with van der Waals surface area (Å²) in [4.78, 5) is 24.0. The molecule has 2 aromatic rings. The Kier molecular flexibility index (Phi) is 5.59. The first kappa shape index (κ1) is 18.3. The Labute approximate surface area is 163 Å². The van der Waals surface area contributed by atoms with E-state index in [1.165, 1.54) is 0 Å². The molecule has 1 saturated heterocycles. The molecule has 4 rings (SSSR count). The van der Waals surface area contributed by atoms with E-state index in [2.05, 4.69) is 15.3 Å². The maximum Gasteiger partial charge on any atom is 0.232 e. The Morgan fingerprint density at radius 3 is 2.70 bits per heavy atom. The number of hydrogen-bond acceptors (Lipinski definition) is 6. The van der Waals surface area contributed by atoms with Crippen molar-refractivity contribution in [2.75, 3.05) is 24.2 Å². The van der Waals surface area contributed by atoms with Gasteiger partial charge in [-0.1, -0.05) is 18.2 Å². The van der Waals surface area contributed by atoms with Crippen LogP contribution in [0, 0.1) is 11.8 Å². The smallest absolute Gasteiger partial charge is 0.232 e. The zero-order valence-corrected chi connectivity index (χ0v) is 15.9. The number of aliphatic hydroxyl groups excluding tert-OH is 1. The van der Waals surface area contributed by atoms with Crippen molar-refractivity contribution < 1.29 is 9.90 Å². The van der Waals surface area contributed by atoms with Crippen molar-refractivity contribution in [3.63, 3.8) is 0 Å². The number of amides is 1. The van der Waals surface area contributed by atoms with Gasteiger partial charge in [-0.25, -0.2) is 4.98 Å². The summed E-state index contributed by atoms with van der Waals surface area (Å²) in [5.74, 6) is 2.14. The number of hydrogen-bond donors (Lipinski definition) is 2. The van der Waals surface area contributed by atoms with Crippen molar-refractivity contribution in [1.29, 1.82) is 0 Å². The van der Waals surface area contributed by atoms with Gasteiger partial charge in [0.25, 0.3) is 0 Å². The lowest BCUT2D eigenvalue weighted by atomic mass is 9.77. The molecule has 1 aliphatic heterocycles. The van der Waals surface area contributed by atoms with Gasteiger partial charge in [0.15, 0.2) is 0 Å². The number of anilines is 1. The number of likely N-dealkylation sites (tertiary alicyclic amines) is 1. The monoisotopic (exact) mass is 384 g/mol. The van der Waals surface area contributed by atoms with E-state index in [9.17, 15) is 9.90 Å². The van der Waals surface area contributed by atoms with E-state index < -0.39 is 6.10 Å². The van der Waals surface area contributed by atoms with E-state index in [0.717, 1.165) is 30.8 Å². The van der Waals surface area contributed by atoms with Crippen molar-refractivity contribution in [2.45, 2.75) is 29.9 Å². The summed E-state index contributed by atoms with van der Waals surface area (Å²) in [6, 6.07) is 9.97. The molecule has 2 aliphatic rings. The maximum atomic E-state index is 12.6. The molecule has 2 heterocycles. The largest absolute Gasteiger partial charge is 0.391 e. The van der Waals surface area contributed by atoms with Gasteiger partial charge in [0.05, 0.1) is 24.1 Å². The Balaban J connectivity index is 1.32. The number of carbonyl (C=O) groups excluding carboxylic acids is 1. The molecule has 2 N–H and O–H groups in total. The molecule has 6 nitrogen and oxygen atoms in total. The first-order chi connectivity index (χ1) is 13.2. The van der Waals surface area contributed by atoms with Crippen molar-refractivity contribution in [3.05, 3.63) is 48.9 Å². The fourth-order valence-corrected chi connectivity index (χ4v) is 4.93. The third-order valence-corrected chi connectivity index (χ3v) is 6.49. The van der Waals surface area contributed by atoms with E-state index in [-0.39, 0.29) is 11.9 Å². The number of carbonyl (C=O) groups is 1. The number of nitrogens with one attached hydrogen (secondary N) is 1. The standard InChI is InChI=1S/C20H24N4O2S/c25-18-9-15-12-24(20(26)13-27-16-4-2-1-3-5-16)11-14(15)8-17(18)23-19-10-21-6-7-22-19/h1-7,10,14-15,17-18,25H,8-9,11-13H2,(H,22,23)/t14-,15+,17-,18-/m1/s1. The number of nitrogens with zero attached hydrogens (tertiary/aromatic N) is 3. The molecule has 1 aliphatic carbocycles. The number of fused-ring (bicyclic) bond motifs is 1. The van der Waals surface area contributed by atoms with Crippen LogP contribution in [0.25, 0.3) is 0 Å². The number of aliphatic hydroxyl groups is 1. The summed E-state index contributed by atoms with van der Waals surface area (Å²) in [5.41, 5.74) is 0. The van der Waals surface area contributed by atoms with Crippen LogP contribution in [0.4, 0.5) is 5.82 Å². The average molecular weight is 385 g/mol. The van der Waals surface area contributed by atoms with Crippen molar-refractivity contribution in [3.8, 4) is 0 Å². The van der Waals surface area contributed by atoms with Gasteiger partial charge in [0.2, 0.25) is 5.91 Å². The second-order valence-electron chi connectivity index (χ2n) is 7.30. The fourth-order valence-electron chi connectivity index (χ4n) is 4.11. The molecule has 1 saturated carbocycles. The third-order valence-electron chi connectivity index (χ3n) is 5.50. The van der Waals surface area contributed by atoms with Crippen LogP contribution in [0.5, 0.6) is 0 Å². The van der Waals surface area contributed by atoms with Gasteiger partial charge in [-0.15, -0.1) is 11.8 Å². The molecule has 0 bridgehead atoms. The molecule has 142 valence electrons. The van der Waals surface area contributed by atoms with E-state index >= 15 is 0 Å². The summed E-state index contributed by atoms with van der Waals surface area (Å²) in [5, 5.41) is 13.8. The highest BCUT2D eigenvalue weighted by molar-refractivity contribution is 8.00. The SMILES string of the molecule is O=C(CSc1ccccc1)N1C[C@H]2C[C@@H](Nc3cnccn3)[C@H](O)C[C@H]2C1. The fraction of sp³-hybridized carbons (Fsp3) is 0.450. The molecule has 27 heavy (non-hydrogen) atoms. The van der Waals surface area contributed by atoms with Crippen LogP contribution >= 0.6 is 11.8 Å². The van der Waals surface area contributed by atoms with E-state index in [4.69, 9.17) is 0 Å². The molecule has 7 heteroatoms. The summed E-state index contributed by atoms with van der Waals surface area (Å²) >= 11 is 1.58. The number of benzene rings is 1. The van der Waals surface area contributed by atoms with Gasteiger partial charge in [-0.2, -0.15) is 0 Å². The minimum atomic E-state index is -0.429. The van der Waals surface area contributed by atoms with E-state index in [1.807, 2.05) is 35.2 Å². The van der Waals surface area contributed by atoms with Crippen LogP contribution in [0.3, 0.4) is 0 Å². The van der Waals surface area contributed by atoms with Crippen LogP contribution in [0.15, 0.2) is 53.8 Å². The van der Waals surface area contributed by atoms with Crippen molar-refractivity contribution >= 4 is 23.5 Å². The molecular weight excluding hydrogens is 360 g/mol. The Hall–Kier alpha value is -2.12. The number of thioether (sulfide) groups is 1. The van der Waals surface area contributed by atoms with Gasteiger partial charge in [0, 0.05) is 30.4 Å². The van der Waals surface area contributed by atoms with Gasteiger partial charge in [-0.05, 0) is 36.8 Å². The minimum absolute atomic E-state index is 0.0447. The highest BCUT2D eigenvalue weighted by atomic mass is 32.2. The van der Waals surface area contributed by atoms with E-state index in [0.29, 0.717) is 23.4 Å². The molecule has 0 radical (unpaired) electrons. The second-order valence-corrected chi connectivity index (χ2v) is 8.35. The lowest BCUT2D eigenvalue weighted by Crippen LogP contribution is -2.43. The van der Waals surface area contributed by atoms with Gasteiger partial charge >= 0.3 is 0 Å². The first-order valence-electron chi connectivity index (χ1n) is 9.35. The quantitative estimate of drug-likeness (QED) is 0.770. The first-order valence-corrected chi connectivity index (χ1v) is 10.3. The topological polar surface area (TPSA) is 78.4 Å². The van der Waals surface area contributed by atoms with Gasteiger partial charge < -0.3 is 15.3 Å². The van der Waals surface area contributed by atoms with E-state index in [1.54, 1.807) is 30.4 Å². The Morgan fingerprint density at radius 2 is 1.96 bits per heavy atom. The van der Waals surface area contributed by atoms with Crippen LogP contribution < -0.4 is 5.32 Å². The zero-order valence-electron chi connectivity index (χ0n) is 15.1. The van der Waals surface area contributed by atoms with Crippen LogP contribution in [-0.2, 0) is 4.79 Å². The predicted octanol–water partition coefficient (Wildman–Crippen LogP) is 2.28. The average Bonchev–Trinajstić information content (AvgIpc) is 3.11. The predicted molar refractivity (Wildman–Crippen MR) is 105 cm³/mol. The second kappa shape index (κ2) is 8.27. The van der Waals surface area contributed by atoms with Crippen molar-refractivity contribution in [2.24, 2.45) is 11.8 Å². The molecule has 0 unspecified atom stereocenters. The van der Waals surface area contributed by atoms with Gasteiger partial charge in [0.1, 0.15) is 5.82 Å². The number of aromatic nitrogens is 2. The molecule has 4 atom stereocenters. The van der Waals surface area contributed by atoms with Crippen LogP contribution in [0.1, 0.15) is 12.8 Å². The van der Waals surface area contributed by atoms with Crippen molar-refractivity contribution in [1.82, 2.24) is 14.9 Å². The lowest BCUT2D eigenvalue weighted by Gasteiger charge is -2.35. The van der Waals surface area contributed by atoms with Crippen LogP contribution in [0.2, 0.25) is 0 Å². The molecule has 1 amide bonds. The number of rotatable bonds is 5. The molecule has 2 fully saturated rings. The molecule has 0 spiro atoms. The third kappa shape index (κ3) is 4.42. The Morgan fingerprint density at radius 1 is 1.19 bits per heavy atom. The van der Waals surface area contributed by atoms with Crippen LogP contribution in [-0.4, -0.2) is 56.9 Å². The summed E-state index contributed by atoms with van der Waals surface area (Å²) in [6.45, 7) is 1.54. The summed E-state index contributed by atoms with van der Waals surface area (Å²) < 4.78 is 0. The molecule has 1 aromatic heterocycles. The highest BCUT2D eigenvalue weighted by Crippen LogP contribution is 2.37. The zero-order chi connectivity index (χ0) is 18.6. The lowest BCUT2D eigenvalue weighted by molar-refractivity contribution is -0.127. The molecular formula is C20H24N4O2S. The molecule has 1 aromatic carbocycles. The normalized spacial score (nSPS) is 27.2. The summed E-state index contributed by atoms with van der Waals surface area (Å²) in [7, 11) is 0. The minimum Gasteiger partial charge on any atom is -0.391 e. The Bertz CT molecular complexity index is 761. The maximum absolute atomic E-state index is 12.6. The van der Waals surface area contributed by atoms with Gasteiger partial charge in [-0.3, -0.25) is 9.78 Å². The highest BCUT2D eigenvalue weighted by Gasteiger charge is 2.42. The summed E-state index contributed by atoms with van der Waals surface area (Å²) in [6.07, 6.45) is 6.08.